The Hall–Kier alpha value is -3.28. The molecule has 0 spiro atoms. The third-order valence-electron chi connectivity index (χ3n) is 8.13. The number of fused-ring (bicyclic) bond motifs is 1. The van der Waals surface area contributed by atoms with E-state index in [2.05, 4.69) is 46.8 Å². The van der Waals surface area contributed by atoms with Gasteiger partial charge in [-0.3, -0.25) is 9.59 Å². The van der Waals surface area contributed by atoms with Crippen molar-refractivity contribution >= 4 is 11.8 Å². The molecule has 190 valence electrons. The second-order valence-electron chi connectivity index (χ2n) is 11.6. The van der Waals surface area contributed by atoms with Crippen LogP contribution in [0.15, 0.2) is 51.5 Å². The van der Waals surface area contributed by atoms with Crippen LogP contribution in [0.25, 0.3) is 0 Å². The van der Waals surface area contributed by atoms with Crippen LogP contribution in [0.5, 0.6) is 0 Å². The summed E-state index contributed by atoms with van der Waals surface area (Å²) in [5, 5.41) is 0. The normalized spacial score (nSPS) is 18.7. The Balaban J connectivity index is 1.27. The third-order valence-corrected chi connectivity index (χ3v) is 8.13. The third kappa shape index (κ3) is 4.49. The van der Waals surface area contributed by atoms with Gasteiger partial charge in [-0.2, -0.15) is 0 Å². The number of nitrogens with zero attached hydrogens (tertiary/aromatic N) is 2. The standard InChI is InChI=1S/C30H36N2O4/c1-20-17-23-24(30(4,5)11-10-29(23,2)3)19-21(20)18-22-8-9-26(36-22)28(34)32-14-12-31(13-15-32)27(33)25-7-6-16-35-25/h6-9,16-17,19H,10-15,18H2,1-5H3. The molecule has 1 aliphatic heterocycles. The summed E-state index contributed by atoms with van der Waals surface area (Å²) >= 11 is 0. The monoisotopic (exact) mass is 488 g/mol. The molecule has 6 nitrogen and oxygen atoms in total. The number of carbonyl (C=O) groups excluding carboxylic acids is 2. The zero-order valence-electron chi connectivity index (χ0n) is 22.0. The predicted molar refractivity (Wildman–Crippen MR) is 138 cm³/mol. The second kappa shape index (κ2) is 8.99. The van der Waals surface area contributed by atoms with Crippen LogP contribution in [0.2, 0.25) is 0 Å². The molecule has 1 saturated heterocycles. The lowest BCUT2D eigenvalue weighted by Gasteiger charge is -2.42. The molecule has 2 aromatic heterocycles. The smallest absolute Gasteiger partial charge is 0.289 e. The van der Waals surface area contributed by atoms with Crippen molar-refractivity contribution in [1.82, 2.24) is 9.80 Å². The molecule has 36 heavy (non-hydrogen) atoms. The van der Waals surface area contributed by atoms with Gasteiger partial charge in [0.25, 0.3) is 11.8 Å². The maximum Gasteiger partial charge on any atom is 0.289 e. The van der Waals surface area contributed by atoms with E-state index in [4.69, 9.17) is 8.83 Å². The van der Waals surface area contributed by atoms with Crippen molar-refractivity contribution in [2.24, 2.45) is 0 Å². The van der Waals surface area contributed by atoms with Crippen molar-refractivity contribution in [2.45, 2.75) is 64.7 Å². The van der Waals surface area contributed by atoms with Gasteiger partial charge in [-0.05, 0) is 77.1 Å². The van der Waals surface area contributed by atoms with Gasteiger partial charge in [-0.15, -0.1) is 0 Å². The van der Waals surface area contributed by atoms with E-state index in [1.807, 2.05) is 6.07 Å². The maximum absolute atomic E-state index is 13.1. The van der Waals surface area contributed by atoms with Gasteiger partial charge in [-0.1, -0.05) is 39.8 Å². The van der Waals surface area contributed by atoms with Crippen LogP contribution in [0, 0.1) is 6.92 Å². The Morgan fingerprint density at radius 3 is 2.00 bits per heavy atom. The first-order valence-electron chi connectivity index (χ1n) is 12.9. The zero-order chi connectivity index (χ0) is 25.7. The fourth-order valence-corrected chi connectivity index (χ4v) is 5.56. The highest BCUT2D eigenvalue weighted by atomic mass is 16.4. The number of benzene rings is 1. The quantitative estimate of drug-likeness (QED) is 0.471. The summed E-state index contributed by atoms with van der Waals surface area (Å²) in [6.07, 6.45) is 4.53. The molecule has 0 bridgehead atoms. The van der Waals surface area contributed by atoms with Crippen molar-refractivity contribution in [2.75, 3.05) is 26.2 Å². The minimum absolute atomic E-state index is 0.128. The van der Waals surface area contributed by atoms with Crippen LogP contribution in [0.1, 0.15) is 89.7 Å². The molecule has 0 atom stereocenters. The van der Waals surface area contributed by atoms with Crippen LogP contribution in [0.3, 0.4) is 0 Å². The van der Waals surface area contributed by atoms with E-state index in [0.29, 0.717) is 44.1 Å². The highest BCUT2D eigenvalue weighted by Gasteiger charge is 2.37. The summed E-state index contributed by atoms with van der Waals surface area (Å²) < 4.78 is 11.3. The number of furan rings is 2. The topological polar surface area (TPSA) is 66.9 Å². The molecule has 5 rings (SSSR count). The Labute approximate surface area is 213 Å². The fraction of sp³-hybridized carbons (Fsp3) is 0.467. The van der Waals surface area contributed by atoms with Gasteiger partial charge in [0.1, 0.15) is 5.76 Å². The molecular formula is C30H36N2O4. The van der Waals surface area contributed by atoms with Crippen molar-refractivity contribution < 1.29 is 18.4 Å². The highest BCUT2D eigenvalue weighted by Crippen LogP contribution is 2.46. The van der Waals surface area contributed by atoms with Crippen LogP contribution in [-0.2, 0) is 17.3 Å². The number of amides is 2. The molecule has 3 aromatic rings. The number of piperazine rings is 1. The number of hydrogen-bond acceptors (Lipinski definition) is 4. The Bertz CT molecular complexity index is 1270. The average molecular weight is 489 g/mol. The van der Waals surface area contributed by atoms with Crippen LogP contribution < -0.4 is 0 Å². The number of rotatable bonds is 4. The molecule has 2 aliphatic rings. The molecule has 0 radical (unpaired) electrons. The lowest BCUT2D eigenvalue weighted by atomic mass is 9.62. The molecular weight excluding hydrogens is 452 g/mol. The van der Waals surface area contributed by atoms with E-state index in [1.54, 1.807) is 28.0 Å². The van der Waals surface area contributed by atoms with Gasteiger partial charge in [0.2, 0.25) is 0 Å². The molecule has 0 saturated carbocycles. The Kier molecular flexibility index (Phi) is 6.09. The summed E-state index contributed by atoms with van der Waals surface area (Å²) in [7, 11) is 0. The predicted octanol–water partition coefficient (Wildman–Crippen LogP) is 5.72. The van der Waals surface area contributed by atoms with Gasteiger partial charge in [0.05, 0.1) is 6.26 Å². The van der Waals surface area contributed by atoms with E-state index in [0.717, 1.165) is 5.76 Å². The number of aryl methyl sites for hydroxylation is 1. The first-order chi connectivity index (χ1) is 17.0. The van der Waals surface area contributed by atoms with E-state index in [9.17, 15) is 9.59 Å². The van der Waals surface area contributed by atoms with Crippen LogP contribution in [-0.4, -0.2) is 47.8 Å². The van der Waals surface area contributed by atoms with Crippen molar-refractivity contribution in [1.29, 1.82) is 0 Å². The first kappa shape index (κ1) is 24.4. The lowest BCUT2D eigenvalue weighted by molar-refractivity contribution is 0.0501. The maximum atomic E-state index is 13.1. The van der Waals surface area contributed by atoms with Crippen molar-refractivity contribution in [3.8, 4) is 0 Å². The van der Waals surface area contributed by atoms with Gasteiger partial charge in [0, 0.05) is 32.6 Å². The minimum atomic E-state index is -0.139. The zero-order valence-corrected chi connectivity index (χ0v) is 22.0. The summed E-state index contributed by atoms with van der Waals surface area (Å²) in [6.45, 7) is 13.4. The fourth-order valence-electron chi connectivity index (χ4n) is 5.56. The second-order valence-corrected chi connectivity index (χ2v) is 11.6. The molecule has 2 amide bonds. The molecule has 0 unspecified atom stereocenters. The summed E-state index contributed by atoms with van der Waals surface area (Å²) in [5.41, 5.74) is 5.74. The molecule has 1 aromatic carbocycles. The summed E-state index contributed by atoms with van der Waals surface area (Å²) in [4.78, 5) is 29.1. The van der Waals surface area contributed by atoms with Crippen molar-refractivity contribution in [3.63, 3.8) is 0 Å². The van der Waals surface area contributed by atoms with E-state index in [1.165, 1.54) is 41.4 Å². The average Bonchev–Trinajstić information content (AvgIpc) is 3.55. The van der Waals surface area contributed by atoms with Gasteiger partial charge >= 0.3 is 0 Å². The molecule has 1 fully saturated rings. The number of hydrogen-bond donors (Lipinski definition) is 0. The Morgan fingerprint density at radius 1 is 0.833 bits per heavy atom. The highest BCUT2D eigenvalue weighted by molar-refractivity contribution is 5.93. The van der Waals surface area contributed by atoms with E-state index in [-0.39, 0.29) is 22.6 Å². The molecule has 0 N–H and O–H groups in total. The summed E-state index contributed by atoms with van der Waals surface area (Å²) in [5.74, 6) is 1.21. The molecule has 1 aliphatic carbocycles. The van der Waals surface area contributed by atoms with Crippen molar-refractivity contribution in [3.05, 3.63) is 82.2 Å². The molecule has 6 heteroatoms. The lowest BCUT2D eigenvalue weighted by Crippen LogP contribution is -2.50. The van der Waals surface area contributed by atoms with Crippen LogP contribution >= 0.6 is 0 Å². The van der Waals surface area contributed by atoms with Gasteiger partial charge in [-0.25, -0.2) is 0 Å². The summed E-state index contributed by atoms with van der Waals surface area (Å²) in [6, 6.07) is 11.8. The van der Waals surface area contributed by atoms with Gasteiger partial charge in [0.15, 0.2) is 11.5 Å². The Morgan fingerprint density at radius 2 is 1.42 bits per heavy atom. The largest absolute Gasteiger partial charge is 0.459 e. The van der Waals surface area contributed by atoms with E-state index >= 15 is 0 Å². The SMILES string of the molecule is Cc1cc2c(cc1Cc1ccc(C(=O)N3CCN(C(=O)c4ccco4)CC3)o1)C(C)(C)CCC2(C)C. The van der Waals surface area contributed by atoms with Gasteiger partial charge < -0.3 is 18.6 Å². The minimum Gasteiger partial charge on any atom is -0.459 e. The van der Waals surface area contributed by atoms with Crippen LogP contribution in [0.4, 0.5) is 0 Å². The molecule has 3 heterocycles. The number of carbonyl (C=O) groups is 2. The first-order valence-corrected chi connectivity index (χ1v) is 12.9. The van der Waals surface area contributed by atoms with E-state index < -0.39 is 0 Å².